The highest BCUT2D eigenvalue weighted by molar-refractivity contribution is 6.12. The van der Waals surface area contributed by atoms with Gasteiger partial charge in [-0.2, -0.15) is 0 Å². The zero-order valence-corrected chi connectivity index (χ0v) is 36.5. The fourth-order valence-corrected chi connectivity index (χ4v) is 9.87. The van der Waals surface area contributed by atoms with Crippen LogP contribution in [-0.2, 0) is 0 Å². The number of fused-ring (bicyclic) bond motifs is 6. The maximum atomic E-state index is 5.11. The number of nitrogens with zero attached hydrogens (tertiary/aromatic N) is 4. The van der Waals surface area contributed by atoms with E-state index in [9.17, 15) is 0 Å². The largest absolute Gasteiger partial charge is 0.309 e. The van der Waals surface area contributed by atoms with Gasteiger partial charge >= 0.3 is 0 Å². The molecular weight excluding hydrogens is 789 g/mol. The summed E-state index contributed by atoms with van der Waals surface area (Å²) in [6.45, 7) is 6.48. The average molecular weight is 833 g/mol. The third kappa shape index (κ3) is 6.53. The molecule has 4 heteroatoms. The van der Waals surface area contributed by atoms with Gasteiger partial charge in [-0.25, -0.2) is 9.97 Å². The molecule has 65 heavy (non-hydrogen) atoms. The van der Waals surface area contributed by atoms with Crippen molar-refractivity contribution < 1.29 is 0 Å². The summed E-state index contributed by atoms with van der Waals surface area (Å²) in [5.74, 6) is 0.738. The SMILES string of the molecule is Cc1ccccc1-c1cc(-c2ccc(-c3ccc(-c4ccc(-n5c6ccccc6c6cc(-n7c8ccccc8c8ccccc87)ccc65)c(C)c4)cc3)cc2)nc(-c2ccccc2C)n1. The molecular formula is C61H44N4. The Morgan fingerprint density at radius 1 is 0.308 bits per heavy atom. The van der Waals surface area contributed by atoms with Gasteiger partial charge in [0.1, 0.15) is 0 Å². The second-order valence-electron chi connectivity index (χ2n) is 17.2. The lowest BCUT2D eigenvalue weighted by atomic mass is 9.97. The van der Waals surface area contributed by atoms with E-state index in [4.69, 9.17) is 9.97 Å². The van der Waals surface area contributed by atoms with E-state index >= 15 is 0 Å². The van der Waals surface area contributed by atoms with Crippen LogP contribution in [0.3, 0.4) is 0 Å². The van der Waals surface area contributed by atoms with Crippen LogP contribution < -0.4 is 0 Å². The number of para-hydroxylation sites is 3. The van der Waals surface area contributed by atoms with Gasteiger partial charge in [-0.3, -0.25) is 0 Å². The van der Waals surface area contributed by atoms with Gasteiger partial charge in [0.2, 0.25) is 0 Å². The molecule has 12 aromatic rings. The molecule has 4 nitrogen and oxygen atoms in total. The van der Waals surface area contributed by atoms with Gasteiger partial charge in [0.05, 0.1) is 33.5 Å². The minimum absolute atomic E-state index is 0.738. The van der Waals surface area contributed by atoms with Gasteiger partial charge in [0.25, 0.3) is 0 Å². The lowest BCUT2D eigenvalue weighted by molar-refractivity contribution is 1.14. The summed E-state index contributed by atoms with van der Waals surface area (Å²) in [7, 11) is 0. The number of hydrogen-bond donors (Lipinski definition) is 0. The summed E-state index contributed by atoms with van der Waals surface area (Å²) in [5.41, 5.74) is 20.5. The number of aromatic nitrogens is 4. The molecule has 3 heterocycles. The molecule has 0 aliphatic rings. The quantitative estimate of drug-likeness (QED) is 0.160. The van der Waals surface area contributed by atoms with Crippen LogP contribution in [0, 0.1) is 20.8 Å². The molecule has 0 radical (unpaired) electrons. The summed E-state index contributed by atoms with van der Waals surface area (Å²) in [4.78, 5) is 10.2. The van der Waals surface area contributed by atoms with Crippen LogP contribution in [0.2, 0.25) is 0 Å². The van der Waals surface area contributed by atoms with Crippen LogP contribution in [0.5, 0.6) is 0 Å². The third-order valence-corrected chi connectivity index (χ3v) is 13.2. The van der Waals surface area contributed by atoms with Crippen molar-refractivity contribution in [1.82, 2.24) is 19.1 Å². The van der Waals surface area contributed by atoms with E-state index in [0.717, 1.165) is 50.7 Å². The molecule has 0 aliphatic heterocycles. The van der Waals surface area contributed by atoms with Crippen LogP contribution in [0.4, 0.5) is 0 Å². The van der Waals surface area contributed by atoms with Gasteiger partial charge in [-0.1, -0.05) is 158 Å². The Morgan fingerprint density at radius 2 is 0.769 bits per heavy atom. The number of rotatable bonds is 7. The van der Waals surface area contributed by atoms with E-state index in [1.54, 1.807) is 0 Å². The second kappa shape index (κ2) is 15.5. The lowest BCUT2D eigenvalue weighted by Crippen LogP contribution is -1.98. The second-order valence-corrected chi connectivity index (χ2v) is 17.2. The van der Waals surface area contributed by atoms with Gasteiger partial charge in [0.15, 0.2) is 5.82 Å². The smallest absolute Gasteiger partial charge is 0.160 e. The van der Waals surface area contributed by atoms with Crippen molar-refractivity contribution in [3.8, 4) is 67.5 Å². The molecule has 0 spiro atoms. The molecule has 0 fully saturated rings. The van der Waals surface area contributed by atoms with E-state index in [1.165, 1.54) is 77.1 Å². The number of benzene rings is 9. The molecule has 0 N–H and O–H groups in total. The highest BCUT2D eigenvalue weighted by atomic mass is 15.0. The monoisotopic (exact) mass is 832 g/mol. The van der Waals surface area contributed by atoms with Crippen molar-refractivity contribution >= 4 is 43.6 Å². The van der Waals surface area contributed by atoms with E-state index in [2.05, 4.69) is 242 Å². The predicted molar refractivity (Wildman–Crippen MR) is 272 cm³/mol. The molecule has 308 valence electrons. The van der Waals surface area contributed by atoms with Gasteiger partial charge < -0.3 is 9.13 Å². The Balaban J connectivity index is 0.853. The summed E-state index contributed by atoms with van der Waals surface area (Å²) in [6, 6.07) is 76.6. The van der Waals surface area contributed by atoms with E-state index in [1.807, 2.05) is 0 Å². The first kappa shape index (κ1) is 38.3. The normalized spacial score (nSPS) is 11.6. The minimum atomic E-state index is 0.738. The first-order valence-corrected chi connectivity index (χ1v) is 22.3. The van der Waals surface area contributed by atoms with Crippen LogP contribution in [-0.4, -0.2) is 19.1 Å². The van der Waals surface area contributed by atoms with Gasteiger partial charge in [0, 0.05) is 49.6 Å². The molecule has 12 rings (SSSR count). The highest BCUT2D eigenvalue weighted by Gasteiger charge is 2.18. The Morgan fingerprint density at radius 3 is 1.37 bits per heavy atom. The zero-order valence-electron chi connectivity index (χ0n) is 36.5. The Hall–Kier alpha value is -8.34. The fourth-order valence-electron chi connectivity index (χ4n) is 9.87. The lowest BCUT2D eigenvalue weighted by Gasteiger charge is -2.14. The highest BCUT2D eigenvalue weighted by Crippen LogP contribution is 2.39. The summed E-state index contributed by atoms with van der Waals surface area (Å²) < 4.78 is 4.83. The van der Waals surface area contributed by atoms with Crippen molar-refractivity contribution in [2.75, 3.05) is 0 Å². The molecule has 0 bridgehead atoms. The van der Waals surface area contributed by atoms with Crippen LogP contribution in [0.1, 0.15) is 16.7 Å². The van der Waals surface area contributed by atoms with E-state index in [-0.39, 0.29) is 0 Å². The van der Waals surface area contributed by atoms with Crippen LogP contribution in [0.25, 0.3) is 111 Å². The molecule has 0 amide bonds. The van der Waals surface area contributed by atoms with Gasteiger partial charge in [-0.05, 0) is 114 Å². The third-order valence-electron chi connectivity index (χ3n) is 13.2. The van der Waals surface area contributed by atoms with Crippen molar-refractivity contribution in [2.45, 2.75) is 20.8 Å². The van der Waals surface area contributed by atoms with Crippen LogP contribution >= 0.6 is 0 Å². The molecule has 0 saturated heterocycles. The Labute approximate surface area is 378 Å². The zero-order chi connectivity index (χ0) is 43.6. The molecule has 9 aromatic carbocycles. The Kier molecular flexibility index (Phi) is 9.13. The van der Waals surface area contributed by atoms with Crippen LogP contribution in [0.15, 0.2) is 212 Å². The standard InChI is InChI=1S/C61H44N4/c1-39-14-4-6-16-48(39)55-38-54(62-61(63-55)49-17-7-5-15-40(49)2)45-30-28-43(29-31-45)42-24-26-44(27-25-42)46-32-34-56(41(3)36-46)65-59-23-13-10-20-52(59)53-37-47(33-35-60(53)65)64-57-21-11-8-18-50(57)51-19-9-12-22-58(51)64/h4-38H,1-3H3. The molecule has 3 aromatic heterocycles. The number of hydrogen-bond acceptors (Lipinski definition) is 2. The van der Waals surface area contributed by atoms with Crippen molar-refractivity contribution in [2.24, 2.45) is 0 Å². The molecule has 0 aliphatic carbocycles. The van der Waals surface area contributed by atoms with Crippen molar-refractivity contribution in [1.29, 1.82) is 0 Å². The average Bonchev–Trinajstić information content (AvgIpc) is 3.87. The topological polar surface area (TPSA) is 35.6 Å². The summed E-state index contributed by atoms with van der Waals surface area (Å²) in [6.07, 6.45) is 0. The van der Waals surface area contributed by atoms with Crippen molar-refractivity contribution in [3.05, 3.63) is 229 Å². The fraction of sp³-hybridized carbons (Fsp3) is 0.0492. The van der Waals surface area contributed by atoms with Crippen molar-refractivity contribution in [3.63, 3.8) is 0 Å². The van der Waals surface area contributed by atoms with E-state index < -0.39 is 0 Å². The first-order valence-electron chi connectivity index (χ1n) is 22.3. The molecule has 0 atom stereocenters. The first-order chi connectivity index (χ1) is 32.0. The Bertz CT molecular complexity index is 3680. The minimum Gasteiger partial charge on any atom is -0.309 e. The summed E-state index contributed by atoms with van der Waals surface area (Å²) in [5, 5.41) is 5.02. The molecule has 0 unspecified atom stereocenters. The maximum Gasteiger partial charge on any atom is 0.160 e. The number of aryl methyl sites for hydroxylation is 3. The van der Waals surface area contributed by atoms with Gasteiger partial charge in [-0.15, -0.1) is 0 Å². The van der Waals surface area contributed by atoms with E-state index in [0.29, 0.717) is 0 Å². The molecule has 0 saturated carbocycles. The maximum absolute atomic E-state index is 5.11. The summed E-state index contributed by atoms with van der Waals surface area (Å²) >= 11 is 0. The predicted octanol–water partition coefficient (Wildman–Crippen LogP) is 15.9.